The first kappa shape index (κ1) is 23.8. The number of hydrogen-bond acceptors (Lipinski definition) is 4. The molecule has 0 bridgehead atoms. The SMILES string of the molecule is CCNC(=NCc1ccc(C)c(F)c1)NCc1ccc(S(=O)(=O)NCCOC)cc1. The second-order valence-electron chi connectivity index (χ2n) is 6.67. The van der Waals surface area contributed by atoms with E-state index in [1.807, 2.05) is 13.0 Å². The predicted molar refractivity (Wildman–Crippen MR) is 116 cm³/mol. The van der Waals surface area contributed by atoms with Crippen molar-refractivity contribution in [3.8, 4) is 0 Å². The third-order valence-corrected chi connectivity index (χ3v) is 5.77. The highest BCUT2D eigenvalue weighted by molar-refractivity contribution is 7.89. The quantitative estimate of drug-likeness (QED) is 0.302. The van der Waals surface area contributed by atoms with Crippen LogP contribution in [0.25, 0.3) is 0 Å². The van der Waals surface area contributed by atoms with E-state index in [1.165, 1.54) is 13.2 Å². The molecule has 0 unspecified atom stereocenters. The maximum Gasteiger partial charge on any atom is 0.240 e. The van der Waals surface area contributed by atoms with Gasteiger partial charge in [0.25, 0.3) is 0 Å². The maximum absolute atomic E-state index is 13.7. The summed E-state index contributed by atoms with van der Waals surface area (Å²) in [6.45, 7) is 5.69. The number of sulfonamides is 1. The molecule has 0 aromatic heterocycles. The van der Waals surface area contributed by atoms with Gasteiger partial charge in [0, 0.05) is 26.7 Å². The Morgan fingerprint density at radius 2 is 1.80 bits per heavy atom. The van der Waals surface area contributed by atoms with E-state index >= 15 is 0 Å². The number of halogens is 1. The van der Waals surface area contributed by atoms with E-state index in [2.05, 4.69) is 20.3 Å². The minimum absolute atomic E-state index is 0.198. The summed E-state index contributed by atoms with van der Waals surface area (Å²) in [5, 5.41) is 6.34. The zero-order valence-electron chi connectivity index (χ0n) is 17.5. The molecule has 0 aliphatic carbocycles. The average molecular weight is 437 g/mol. The van der Waals surface area contributed by atoms with Crippen molar-refractivity contribution < 1.29 is 17.5 Å². The largest absolute Gasteiger partial charge is 0.383 e. The molecule has 3 N–H and O–H groups in total. The Hall–Kier alpha value is -2.49. The van der Waals surface area contributed by atoms with Gasteiger partial charge < -0.3 is 15.4 Å². The molecular formula is C21H29FN4O3S. The van der Waals surface area contributed by atoms with E-state index in [1.54, 1.807) is 37.3 Å². The Morgan fingerprint density at radius 3 is 2.43 bits per heavy atom. The number of aliphatic imine (C=N–C) groups is 1. The molecule has 0 radical (unpaired) electrons. The lowest BCUT2D eigenvalue weighted by molar-refractivity contribution is 0.204. The maximum atomic E-state index is 13.7. The molecule has 0 aliphatic heterocycles. The summed E-state index contributed by atoms with van der Waals surface area (Å²) in [5.74, 6) is 0.351. The van der Waals surface area contributed by atoms with Gasteiger partial charge in [-0.05, 0) is 48.7 Å². The molecule has 0 fully saturated rings. The Bertz CT molecular complexity index is 947. The standard InChI is InChI=1S/C21H29FN4O3S/c1-4-23-21(25-15-18-6-5-16(2)20(22)13-18)24-14-17-7-9-19(10-8-17)30(27,28)26-11-12-29-3/h5-10,13,26H,4,11-12,14-15H2,1-3H3,(H2,23,24,25). The minimum atomic E-state index is -3.55. The Morgan fingerprint density at radius 1 is 1.10 bits per heavy atom. The highest BCUT2D eigenvalue weighted by atomic mass is 32.2. The summed E-state index contributed by atoms with van der Waals surface area (Å²) in [6, 6.07) is 11.7. The number of aryl methyl sites for hydroxylation is 1. The van der Waals surface area contributed by atoms with E-state index in [9.17, 15) is 12.8 Å². The second-order valence-corrected chi connectivity index (χ2v) is 8.43. The summed E-state index contributed by atoms with van der Waals surface area (Å²) in [7, 11) is -2.04. The van der Waals surface area contributed by atoms with Gasteiger partial charge >= 0.3 is 0 Å². The van der Waals surface area contributed by atoms with Gasteiger partial charge in [-0.15, -0.1) is 0 Å². The molecule has 0 atom stereocenters. The fourth-order valence-corrected chi connectivity index (χ4v) is 3.59. The van der Waals surface area contributed by atoms with Crippen molar-refractivity contribution in [2.24, 2.45) is 4.99 Å². The first-order valence-corrected chi connectivity index (χ1v) is 11.2. The van der Waals surface area contributed by atoms with Crippen molar-refractivity contribution >= 4 is 16.0 Å². The number of guanidine groups is 1. The molecule has 9 heteroatoms. The summed E-state index contributed by atoms with van der Waals surface area (Å²) >= 11 is 0. The van der Waals surface area contributed by atoms with Gasteiger partial charge in [0.2, 0.25) is 10.0 Å². The van der Waals surface area contributed by atoms with Crippen LogP contribution in [0.3, 0.4) is 0 Å². The van der Waals surface area contributed by atoms with Crippen molar-refractivity contribution in [1.29, 1.82) is 0 Å². The van der Waals surface area contributed by atoms with Crippen LogP contribution in [-0.2, 0) is 27.8 Å². The molecule has 2 aromatic rings. The highest BCUT2D eigenvalue weighted by Crippen LogP contribution is 2.11. The fourth-order valence-electron chi connectivity index (χ4n) is 2.58. The van der Waals surface area contributed by atoms with Crippen molar-refractivity contribution in [3.05, 3.63) is 65.0 Å². The molecule has 0 amide bonds. The van der Waals surface area contributed by atoms with Gasteiger partial charge in [0.05, 0.1) is 18.0 Å². The highest BCUT2D eigenvalue weighted by Gasteiger charge is 2.12. The molecule has 164 valence electrons. The lowest BCUT2D eigenvalue weighted by Crippen LogP contribution is -2.36. The van der Waals surface area contributed by atoms with E-state index < -0.39 is 10.0 Å². The van der Waals surface area contributed by atoms with Crippen LogP contribution in [0, 0.1) is 12.7 Å². The Balaban J connectivity index is 1.97. The zero-order valence-corrected chi connectivity index (χ0v) is 18.4. The van der Waals surface area contributed by atoms with Crippen LogP contribution in [0.1, 0.15) is 23.6 Å². The average Bonchev–Trinajstić information content (AvgIpc) is 2.73. The number of methoxy groups -OCH3 is 1. The summed E-state index contributed by atoms with van der Waals surface area (Å²) in [5.41, 5.74) is 2.29. The third-order valence-electron chi connectivity index (χ3n) is 4.29. The van der Waals surface area contributed by atoms with Crippen LogP contribution in [0.2, 0.25) is 0 Å². The van der Waals surface area contributed by atoms with Crippen LogP contribution in [0.15, 0.2) is 52.4 Å². The van der Waals surface area contributed by atoms with E-state index in [0.717, 1.165) is 11.1 Å². The van der Waals surface area contributed by atoms with Gasteiger partial charge in [-0.1, -0.05) is 24.3 Å². The molecule has 0 spiro atoms. The zero-order chi connectivity index (χ0) is 22.0. The smallest absolute Gasteiger partial charge is 0.240 e. The number of nitrogens with one attached hydrogen (secondary N) is 3. The molecule has 2 rings (SSSR count). The summed E-state index contributed by atoms with van der Waals surface area (Å²) in [4.78, 5) is 4.68. The first-order valence-electron chi connectivity index (χ1n) is 9.70. The molecule has 30 heavy (non-hydrogen) atoms. The van der Waals surface area contributed by atoms with E-state index in [4.69, 9.17) is 4.74 Å². The minimum Gasteiger partial charge on any atom is -0.383 e. The van der Waals surface area contributed by atoms with Crippen molar-refractivity contribution in [2.75, 3.05) is 26.8 Å². The summed E-state index contributed by atoms with van der Waals surface area (Å²) in [6.07, 6.45) is 0. The van der Waals surface area contributed by atoms with Crippen LogP contribution < -0.4 is 15.4 Å². The third kappa shape index (κ3) is 7.40. The predicted octanol–water partition coefficient (Wildman–Crippen LogP) is 2.31. The number of nitrogens with zero attached hydrogens (tertiary/aromatic N) is 1. The Kier molecular flexibility index (Phi) is 9.22. The summed E-state index contributed by atoms with van der Waals surface area (Å²) < 4.78 is 45.4. The van der Waals surface area contributed by atoms with Gasteiger partial charge in [-0.25, -0.2) is 22.5 Å². The molecule has 0 saturated carbocycles. The number of rotatable bonds is 10. The van der Waals surface area contributed by atoms with Crippen molar-refractivity contribution in [3.63, 3.8) is 0 Å². The van der Waals surface area contributed by atoms with E-state index in [0.29, 0.717) is 37.8 Å². The van der Waals surface area contributed by atoms with Crippen LogP contribution in [0.5, 0.6) is 0 Å². The molecule has 0 aliphatic rings. The molecule has 7 nitrogen and oxygen atoms in total. The van der Waals surface area contributed by atoms with E-state index in [-0.39, 0.29) is 17.3 Å². The van der Waals surface area contributed by atoms with Gasteiger partial charge in [0.1, 0.15) is 5.82 Å². The molecule has 0 heterocycles. The normalized spacial score (nSPS) is 12.1. The molecular weight excluding hydrogens is 407 g/mol. The number of hydrogen-bond donors (Lipinski definition) is 3. The number of ether oxygens (including phenoxy) is 1. The first-order chi connectivity index (χ1) is 14.4. The van der Waals surface area contributed by atoms with Crippen molar-refractivity contribution in [2.45, 2.75) is 31.8 Å². The van der Waals surface area contributed by atoms with Gasteiger partial charge in [0.15, 0.2) is 5.96 Å². The number of benzene rings is 2. The van der Waals surface area contributed by atoms with Crippen LogP contribution in [0.4, 0.5) is 4.39 Å². The van der Waals surface area contributed by atoms with Gasteiger partial charge in [-0.3, -0.25) is 0 Å². The van der Waals surface area contributed by atoms with Crippen LogP contribution in [-0.4, -0.2) is 41.2 Å². The monoisotopic (exact) mass is 436 g/mol. The molecule has 0 saturated heterocycles. The van der Waals surface area contributed by atoms with Crippen molar-refractivity contribution in [1.82, 2.24) is 15.4 Å². The van der Waals surface area contributed by atoms with Gasteiger partial charge in [-0.2, -0.15) is 0 Å². The Labute approximate surface area is 177 Å². The fraction of sp³-hybridized carbons (Fsp3) is 0.381. The lowest BCUT2D eigenvalue weighted by Gasteiger charge is -2.12. The van der Waals surface area contributed by atoms with Crippen LogP contribution >= 0.6 is 0 Å². The lowest BCUT2D eigenvalue weighted by atomic mass is 10.1. The second kappa shape index (κ2) is 11.6. The topological polar surface area (TPSA) is 91.8 Å². The molecule has 2 aromatic carbocycles.